The van der Waals surface area contributed by atoms with Crippen LogP contribution in [0.25, 0.3) is 17.1 Å². The number of hydrogen-bond acceptors (Lipinski definition) is 5. The summed E-state index contributed by atoms with van der Waals surface area (Å²) < 4.78 is 2.07. The first-order chi connectivity index (χ1) is 13.6. The van der Waals surface area contributed by atoms with E-state index in [1.165, 1.54) is 5.69 Å². The quantitative estimate of drug-likeness (QED) is 0.486. The molecule has 0 radical (unpaired) electrons. The van der Waals surface area contributed by atoms with E-state index in [1.807, 2.05) is 30.3 Å². The van der Waals surface area contributed by atoms with Crippen LogP contribution in [-0.4, -0.2) is 39.4 Å². The van der Waals surface area contributed by atoms with Crippen LogP contribution < -0.4 is 4.90 Å². The number of nitrogens with zero attached hydrogens (tertiary/aromatic N) is 4. The maximum absolute atomic E-state index is 11.3. The summed E-state index contributed by atoms with van der Waals surface area (Å²) in [6, 6.07) is 18.6. The molecule has 0 unspecified atom stereocenters. The van der Waals surface area contributed by atoms with Crippen LogP contribution >= 0.6 is 11.8 Å². The summed E-state index contributed by atoms with van der Waals surface area (Å²) >= 11 is 1.56. The number of ketones is 1. The molecule has 6 heteroatoms. The Balaban J connectivity index is 1.96. The van der Waals surface area contributed by atoms with Gasteiger partial charge in [-0.25, -0.2) is 0 Å². The molecular weight excluding hydrogens is 368 g/mol. The highest BCUT2D eigenvalue weighted by atomic mass is 32.2. The van der Waals surface area contributed by atoms with Gasteiger partial charge >= 0.3 is 0 Å². The summed E-state index contributed by atoms with van der Waals surface area (Å²) in [4.78, 5) is 13.6. The second kappa shape index (κ2) is 9.55. The van der Waals surface area contributed by atoms with Crippen LogP contribution in [0.15, 0.2) is 59.8 Å². The second-order valence-electron chi connectivity index (χ2n) is 6.50. The van der Waals surface area contributed by atoms with Gasteiger partial charge in [0.05, 0.1) is 0 Å². The number of benzene rings is 2. The topological polar surface area (TPSA) is 51.0 Å². The molecule has 0 saturated heterocycles. The fourth-order valence-corrected chi connectivity index (χ4v) is 4.05. The van der Waals surface area contributed by atoms with E-state index in [1.54, 1.807) is 18.7 Å². The summed E-state index contributed by atoms with van der Waals surface area (Å²) in [6.45, 7) is 7.90. The van der Waals surface area contributed by atoms with Crippen molar-refractivity contribution in [3.05, 3.63) is 54.6 Å². The monoisotopic (exact) mass is 394 g/mol. The van der Waals surface area contributed by atoms with Crippen molar-refractivity contribution in [1.29, 1.82) is 0 Å². The van der Waals surface area contributed by atoms with Gasteiger partial charge in [-0.05, 0) is 57.2 Å². The number of carbonyl (C=O) groups is 1. The normalized spacial score (nSPS) is 10.8. The Morgan fingerprint density at radius 1 is 1.00 bits per heavy atom. The highest BCUT2D eigenvalue weighted by molar-refractivity contribution is 7.99. The lowest BCUT2D eigenvalue weighted by atomic mass is 10.1. The largest absolute Gasteiger partial charge is 0.372 e. The van der Waals surface area contributed by atoms with Gasteiger partial charge in [0, 0.05) is 42.2 Å². The van der Waals surface area contributed by atoms with Crippen molar-refractivity contribution in [2.75, 3.05) is 23.7 Å². The van der Waals surface area contributed by atoms with Gasteiger partial charge in [0.15, 0.2) is 11.0 Å². The lowest BCUT2D eigenvalue weighted by Gasteiger charge is -2.21. The molecular formula is C22H26N4OS. The minimum atomic E-state index is 0.186. The average molecular weight is 395 g/mol. The first kappa shape index (κ1) is 20.1. The van der Waals surface area contributed by atoms with Crippen molar-refractivity contribution >= 4 is 23.2 Å². The van der Waals surface area contributed by atoms with E-state index < -0.39 is 0 Å². The molecule has 146 valence electrons. The number of aromatic nitrogens is 3. The smallest absolute Gasteiger partial charge is 0.196 e. The van der Waals surface area contributed by atoms with E-state index in [0.29, 0.717) is 12.2 Å². The third kappa shape index (κ3) is 4.62. The van der Waals surface area contributed by atoms with Crippen molar-refractivity contribution in [3.63, 3.8) is 0 Å². The molecule has 0 aliphatic carbocycles. The highest BCUT2D eigenvalue weighted by Gasteiger charge is 2.16. The van der Waals surface area contributed by atoms with E-state index in [2.05, 4.69) is 57.8 Å². The standard InChI is InChI=1S/C22H26N4OS/c1-4-25(5-2)19-13-11-18(12-14-19)21-23-24-22(28-16-15-17(3)27)26(21)20-9-7-6-8-10-20/h6-14H,4-5,15-16H2,1-3H3. The Kier molecular flexibility index (Phi) is 6.87. The number of para-hydroxylation sites is 1. The maximum Gasteiger partial charge on any atom is 0.196 e. The number of rotatable bonds is 9. The minimum Gasteiger partial charge on any atom is -0.372 e. The van der Waals surface area contributed by atoms with Crippen LogP contribution in [0.5, 0.6) is 0 Å². The number of carbonyl (C=O) groups excluding carboxylic acids is 1. The van der Waals surface area contributed by atoms with Gasteiger partial charge in [-0.1, -0.05) is 30.0 Å². The van der Waals surface area contributed by atoms with E-state index in [0.717, 1.165) is 35.3 Å². The molecule has 0 saturated carbocycles. The van der Waals surface area contributed by atoms with Gasteiger partial charge in [-0.2, -0.15) is 0 Å². The summed E-state index contributed by atoms with van der Waals surface area (Å²) in [5.74, 6) is 1.69. The highest BCUT2D eigenvalue weighted by Crippen LogP contribution is 2.29. The van der Waals surface area contributed by atoms with Gasteiger partial charge in [-0.15, -0.1) is 10.2 Å². The van der Waals surface area contributed by atoms with Crippen molar-refractivity contribution in [2.24, 2.45) is 0 Å². The Morgan fingerprint density at radius 2 is 1.68 bits per heavy atom. The minimum absolute atomic E-state index is 0.186. The number of thioether (sulfide) groups is 1. The van der Waals surface area contributed by atoms with Crippen LogP contribution in [0, 0.1) is 0 Å². The predicted octanol–water partition coefficient (Wildman–Crippen LogP) is 4.85. The third-order valence-electron chi connectivity index (χ3n) is 4.59. The number of anilines is 1. The van der Waals surface area contributed by atoms with Crippen LogP contribution in [-0.2, 0) is 4.79 Å². The molecule has 2 aromatic carbocycles. The molecule has 28 heavy (non-hydrogen) atoms. The Morgan fingerprint density at radius 3 is 2.29 bits per heavy atom. The molecule has 0 aliphatic heterocycles. The van der Waals surface area contributed by atoms with Gasteiger partial charge < -0.3 is 4.90 Å². The van der Waals surface area contributed by atoms with Crippen LogP contribution in [0.2, 0.25) is 0 Å². The summed E-state index contributed by atoms with van der Waals surface area (Å²) in [6.07, 6.45) is 0.528. The zero-order valence-electron chi connectivity index (χ0n) is 16.6. The van der Waals surface area contributed by atoms with E-state index in [4.69, 9.17) is 0 Å². The summed E-state index contributed by atoms with van der Waals surface area (Å²) in [5.41, 5.74) is 3.24. The average Bonchev–Trinajstić information content (AvgIpc) is 3.14. The van der Waals surface area contributed by atoms with Gasteiger partial charge in [0.1, 0.15) is 5.78 Å². The SMILES string of the molecule is CCN(CC)c1ccc(-c2nnc(SCCC(C)=O)n2-c2ccccc2)cc1. The van der Waals surface area contributed by atoms with Crippen molar-refractivity contribution in [2.45, 2.75) is 32.3 Å². The van der Waals surface area contributed by atoms with E-state index in [-0.39, 0.29) is 5.78 Å². The maximum atomic E-state index is 11.3. The lowest BCUT2D eigenvalue weighted by Crippen LogP contribution is -2.21. The summed E-state index contributed by atoms with van der Waals surface area (Å²) in [7, 11) is 0. The zero-order valence-corrected chi connectivity index (χ0v) is 17.4. The Bertz CT molecular complexity index is 902. The van der Waals surface area contributed by atoms with Gasteiger partial charge in [0.2, 0.25) is 0 Å². The fourth-order valence-electron chi connectivity index (χ4n) is 3.06. The molecule has 0 bridgehead atoms. The van der Waals surface area contributed by atoms with Gasteiger partial charge in [0.25, 0.3) is 0 Å². The van der Waals surface area contributed by atoms with Crippen LogP contribution in [0.3, 0.4) is 0 Å². The molecule has 1 heterocycles. The van der Waals surface area contributed by atoms with Crippen molar-refractivity contribution in [3.8, 4) is 17.1 Å². The second-order valence-corrected chi connectivity index (χ2v) is 7.56. The van der Waals surface area contributed by atoms with Crippen LogP contribution in [0.4, 0.5) is 5.69 Å². The first-order valence-corrected chi connectivity index (χ1v) is 10.6. The molecule has 0 N–H and O–H groups in total. The van der Waals surface area contributed by atoms with Crippen molar-refractivity contribution in [1.82, 2.24) is 14.8 Å². The number of Topliss-reactive ketones (excluding diaryl/α,β-unsaturated/α-hetero) is 1. The molecule has 3 rings (SSSR count). The number of hydrogen-bond donors (Lipinski definition) is 0. The molecule has 0 spiro atoms. The predicted molar refractivity (Wildman–Crippen MR) is 116 cm³/mol. The Hall–Kier alpha value is -2.60. The van der Waals surface area contributed by atoms with Gasteiger partial charge in [-0.3, -0.25) is 9.36 Å². The fraction of sp³-hybridized carbons (Fsp3) is 0.318. The first-order valence-electron chi connectivity index (χ1n) is 9.62. The molecule has 5 nitrogen and oxygen atoms in total. The van der Waals surface area contributed by atoms with Crippen molar-refractivity contribution < 1.29 is 4.79 Å². The molecule has 0 fully saturated rings. The molecule has 1 aromatic heterocycles. The van der Waals surface area contributed by atoms with E-state index in [9.17, 15) is 4.79 Å². The summed E-state index contributed by atoms with van der Waals surface area (Å²) in [5, 5.41) is 9.68. The molecule has 0 atom stereocenters. The zero-order chi connectivity index (χ0) is 19.9. The third-order valence-corrected chi connectivity index (χ3v) is 5.52. The van der Waals surface area contributed by atoms with E-state index >= 15 is 0 Å². The lowest BCUT2D eigenvalue weighted by molar-refractivity contribution is -0.116. The molecule has 0 aliphatic rings. The molecule has 0 amide bonds. The molecule has 3 aromatic rings. The Labute approximate surface area is 170 Å². The van der Waals surface area contributed by atoms with Crippen LogP contribution in [0.1, 0.15) is 27.2 Å².